The molecule has 0 spiro atoms. The van der Waals surface area contributed by atoms with E-state index in [1.165, 1.54) is 0 Å². The number of hydrogen-bond donors (Lipinski definition) is 0. The fraction of sp³-hybridized carbons (Fsp3) is 0. The average Bonchev–Trinajstić information content (AvgIpc) is 0.811. The molecular formula is CClFeNaO3. The van der Waals surface area contributed by atoms with Crippen molar-refractivity contribution >= 4 is 6.16 Å². The van der Waals surface area contributed by atoms with Crippen LogP contribution in [0.4, 0.5) is 4.79 Å². The maximum atomic E-state index is 8.33. The molecule has 0 aliphatic carbocycles. The standard InChI is InChI=1S/CH2O3.ClH.Fe.Na/c2-1(3)4;;;/h(H2,2,3,4);1H;;/q;;+2;+1/p-3. The second-order valence-electron chi connectivity index (χ2n) is 0.250. The first kappa shape index (κ1) is 24.3. The minimum absolute atomic E-state index is 0. The van der Waals surface area contributed by atoms with Crippen LogP contribution in [0.3, 0.4) is 0 Å². The van der Waals surface area contributed by atoms with Crippen LogP contribution in [0.2, 0.25) is 0 Å². The van der Waals surface area contributed by atoms with E-state index in [1.54, 1.807) is 0 Å². The summed E-state index contributed by atoms with van der Waals surface area (Å²) >= 11 is 0. The Bertz CT molecular complexity index is 37.9. The van der Waals surface area contributed by atoms with Gasteiger partial charge in [-0.2, -0.15) is 0 Å². The predicted molar refractivity (Wildman–Crippen MR) is 5.40 cm³/mol. The summed E-state index contributed by atoms with van der Waals surface area (Å²) < 4.78 is 0. The van der Waals surface area contributed by atoms with Crippen LogP contribution >= 0.6 is 0 Å². The van der Waals surface area contributed by atoms with Crippen molar-refractivity contribution < 1.29 is 74.0 Å². The number of carbonyl (C=O) groups is 1. The molecule has 0 heterocycles. The molecule has 0 aromatic heterocycles. The topological polar surface area (TPSA) is 63.2 Å². The van der Waals surface area contributed by atoms with E-state index >= 15 is 0 Å². The van der Waals surface area contributed by atoms with Crippen LogP contribution < -0.4 is 52.2 Å². The largest absolute Gasteiger partial charge is 2.00 e. The van der Waals surface area contributed by atoms with Gasteiger partial charge >= 0.3 is 46.6 Å². The van der Waals surface area contributed by atoms with Crippen LogP contribution in [0.15, 0.2) is 0 Å². The summed E-state index contributed by atoms with van der Waals surface area (Å²) in [6, 6.07) is 0. The predicted octanol–water partition coefficient (Wildman–Crippen LogP) is -8.44. The quantitative estimate of drug-likeness (QED) is 0.343. The van der Waals surface area contributed by atoms with E-state index in [4.69, 9.17) is 15.0 Å². The molecule has 38 valence electrons. The number of hydrogen-bond acceptors (Lipinski definition) is 3. The molecule has 0 saturated carbocycles. The van der Waals surface area contributed by atoms with Gasteiger partial charge < -0.3 is 27.4 Å². The molecule has 0 N–H and O–H groups in total. The Kier molecular flexibility index (Phi) is 54.7. The van der Waals surface area contributed by atoms with Crippen molar-refractivity contribution in [2.24, 2.45) is 0 Å². The third-order valence-electron chi connectivity index (χ3n) is 0. The van der Waals surface area contributed by atoms with Gasteiger partial charge in [-0.05, 0) is 6.16 Å². The van der Waals surface area contributed by atoms with Gasteiger partial charge in [0.25, 0.3) is 0 Å². The molecule has 0 radical (unpaired) electrons. The first-order chi connectivity index (χ1) is 1.73. The monoisotopic (exact) mass is 174 g/mol. The van der Waals surface area contributed by atoms with Gasteiger partial charge in [-0.15, -0.1) is 0 Å². The van der Waals surface area contributed by atoms with Crippen LogP contribution in [0, 0.1) is 0 Å². The Morgan fingerprint density at radius 2 is 1.29 bits per heavy atom. The summed E-state index contributed by atoms with van der Waals surface area (Å²) in [5.41, 5.74) is 0. The molecule has 0 aliphatic rings. The van der Waals surface area contributed by atoms with Crippen molar-refractivity contribution in [3.63, 3.8) is 0 Å². The summed E-state index contributed by atoms with van der Waals surface area (Å²) in [6.45, 7) is 0. The van der Waals surface area contributed by atoms with Crippen molar-refractivity contribution in [2.45, 2.75) is 0 Å². The summed E-state index contributed by atoms with van der Waals surface area (Å²) in [6.07, 6.45) is -2.33. The zero-order valence-corrected chi connectivity index (χ0v) is 7.32. The molecule has 0 fully saturated rings. The van der Waals surface area contributed by atoms with Gasteiger partial charge in [0.15, 0.2) is 0 Å². The molecule has 0 saturated heterocycles. The van der Waals surface area contributed by atoms with Gasteiger partial charge in [-0.1, -0.05) is 0 Å². The number of rotatable bonds is 0. The van der Waals surface area contributed by atoms with E-state index in [-0.39, 0.29) is 59.0 Å². The van der Waals surface area contributed by atoms with Gasteiger partial charge in [0.2, 0.25) is 0 Å². The fourth-order valence-corrected chi connectivity index (χ4v) is 0. The third kappa shape index (κ3) is 157. The van der Waals surface area contributed by atoms with Gasteiger partial charge in [0.05, 0.1) is 0 Å². The first-order valence-electron chi connectivity index (χ1n) is 0.612. The molecular weight excluding hydrogens is 174 g/mol. The van der Waals surface area contributed by atoms with E-state index in [2.05, 4.69) is 0 Å². The SMILES string of the molecule is O=C([O-])[O-].[Cl-].[Fe+2].[Na+]. The zero-order chi connectivity index (χ0) is 3.58. The molecule has 0 unspecified atom stereocenters. The molecule has 0 amide bonds. The Hall–Kier alpha value is 1.08. The van der Waals surface area contributed by atoms with E-state index in [9.17, 15) is 0 Å². The Labute approximate surface area is 79.7 Å². The van der Waals surface area contributed by atoms with Crippen LogP contribution in [0.25, 0.3) is 0 Å². The molecule has 3 nitrogen and oxygen atoms in total. The zero-order valence-electron chi connectivity index (χ0n) is 3.46. The van der Waals surface area contributed by atoms with Gasteiger partial charge in [0.1, 0.15) is 0 Å². The molecule has 0 aliphatic heterocycles. The van der Waals surface area contributed by atoms with Crippen LogP contribution in [0.1, 0.15) is 0 Å². The van der Waals surface area contributed by atoms with Crippen LogP contribution in [-0.2, 0) is 17.1 Å². The van der Waals surface area contributed by atoms with Gasteiger partial charge in [-0.3, -0.25) is 0 Å². The molecule has 6 heteroatoms. The minimum Gasteiger partial charge on any atom is -1.00 e. The van der Waals surface area contributed by atoms with Crippen molar-refractivity contribution in [1.29, 1.82) is 0 Å². The van der Waals surface area contributed by atoms with Crippen LogP contribution in [-0.4, -0.2) is 6.16 Å². The molecule has 0 aromatic rings. The Balaban J connectivity index is -0.0000000150. The summed E-state index contributed by atoms with van der Waals surface area (Å²) in [5, 5.41) is 16.7. The maximum Gasteiger partial charge on any atom is 2.00 e. The molecule has 0 bridgehead atoms. The van der Waals surface area contributed by atoms with Crippen LogP contribution in [0.5, 0.6) is 0 Å². The third-order valence-corrected chi connectivity index (χ3v) is 0. The second kappa shape index (κ2) is 15.7. The minimum atomic E-state index is -2.33. The number of carboxylic acid groups (broad SMARTS) is 2. The summed E-state index contributed by atoms with van der Waals surface area (Å²) in [7, 11) is 0. The van der Waals surface area contributed by atoms with Gasteiger partial charge in [0, 0.05) is 0 Å². The van der Waals surface area contributed by atoms with E-state index in [1.807, 2.05) is 0 Å². The number of carbonyl (C=O) groups excluding carboxylic acids is 1. The first-order valence-corrected chi connectivity index (χ1v) is 0.612. The number of halogens is 1. The molecule has 0 rings (SSSR count). The summed E-state index contributed by atoms with van der Waals surface area (Å²) in [4.78, 5) is 8.33. The molecule has 0 aromatic carbocycles. The maximum absolute atomic E-state index is 8.33. The van der Waals surface area contributed by atoms with Crippen molar-refractivity contribution in [1.82, 2.24) is 0 Å². The Morgan fingerprint density at radius 3 is 1.29 bits per heavy atom. The van der Waals surface area contributed by atoms with E-state index in [0.29, 0.717) is 0 Å². The van der Waals surface area contributed by atoms with E-state index < -0.39 is 6.16 Å². The van der Waals surface area contributed by atoms with Crippen molar-refractivity contribution in [3.05, 3.63) is 0 Å². The molecule has 0 atom stereocenters. The second-order valence-corrected chi connectivity index (χ2v) is 0.250. The van der Waals surface area contributed by atoms with E-state index in [0.717, 1.165) is 0 Å². The van der Waals surface area contributed by atoms with Gasteiger partial charge in [-0.25, -0.2) is 0 Å². The Morgan fingerprint density at radius 1 is 1.29 bits per heavy atom. The smallest absolute Gasteiger partial charge is 1.00 e. The normalized spacial score (nSPS) is 3.43. The fourth-order valence-electron chi connectivity index (χ4n) is 0. The van der Waals surface area contributed by atoms with Crippen molar-refractivity contribution in [3.8, 4) is 0 Å². The molecule has 7 heavy (non-hydrogen) atoms. The average molecular weight is 174 g/mol. The van der Waals surface area contributed by atoms with Crippen molar-refractivity contribution in [2.75, 3.05) is 0 Å². The summed E-state index contributed by atoms with van der Waals surface area (Å²) in [5.74, 6) is 0.